The van der Waals surface area contributed by atoms with E-state index in [1.807, 2.05) is 13.2 Å². The number of rotatable bonds is 5. The molecule has 0 spiro atoms. The molecule has 17 heavy (non-hydrogen) atoms. The normalized spacial score (nSPS) is 21.3. The summed E-state index contributed by atoms with van der Waals surface area (Å²) in [4.78, 5) is 24.3. The third kappa shape index (κ3) is 3.99. The second-order valence-electron chi connectivity index (χ2n) is 3.83. The topological polar surface area (TPSA) is 69.6 Å². The van der Waals surface area contributed by atoms with Crippen LogP contribution in [0.25, 0.3) is 0 Å². The van der Waals surface area contributed by atoms with Gasteiger partial charge in [0.15, 0.2) is 0 Å². The second kappa shape index (κ2) is 7.00. The van der Waals surface area contributed by atoms with Crippen molar-refractivity contribution in [2.24, 2.45) is 0 Å². The van der Waals surface area contributed by atoms with Crippen molar-refractivity contribution in [3.8, 4) is 0 Å². The van der Waals surface area contributed by atoms with E-state index in [1.165, 1.54) is 16.7 Å². The number of nitrogens with one attached hydrogen (secondary N) is 1. The Hall–Kier alpha value is -0.560. The Morgan fingerprint density at radius 1 is 1.65 bits per heavy atom. The van der Waals surface area contributed by atoms with Crippen molar-refractivity contribution in [1.82, 2.24) is 10.2 Å². The lowest BCUT2D eigenvalue weighted by atomic mass is 10.2. The van der Waals surface area contributed by atoms with Gasteiger partial charge in [0.2, 0.25) is 0 Å². The van der Waals surface area contributed by atoms with E-state index in [0.717, 1.165) is 12.2 Å². The molecular formula is C10H18N2O3S2. The van der Waals surface area contributed by atoms with E-state index in [-0.39, 0.29) is 12.1 Å². The van der Waals surface area contributed by atoms with Crippen molar-refractivity contribution in [3.63, 3.8) is 0 Å². The summed E-state index contributed by atoms with van der Waals surface area (Å²) in [7, 11) is 0. The van der Waals surface area contributed by atoms with Gasteiger partial charge in [-0.1, -0.05) is 6.92 Å². The van der Waals surface area contributed by atoms with Crippen molar-refractivity contribution in [2.45, 2.75) is 25.4 Å². The van der Waals surface area contributed by atoms with Gasteiger partial charge in [0.05, 0.1) is 5.88 Å². The van der Waals surface area contributed by atoms with E-state index >= 15 is 0 Å². The van der Waals surface area contributed by atoms with Crippen molar-refractivity contribution in [2.75, 3.05) is 23.6 Å². The smallest absolute Gasteiger partial charge is 0.327 e. The molecule has 0 aliphatic carbocycles. The molecule has 7 heteroatoms. The van der Waals surface area contributed by atoms with Gasteiger partial charge >= 0.3 is 12.0 Å². The zero-order chi connectivity index (χ0) is 12.8. The maximum absolute atomic E-state index is 11.9. The fourth-order valence-electron chi connectivity index (χ4n) is 1.57. The highest BCUT2D eigenvalue weighted by Crippen LogP contribution is 2.21. The van der Waals surface area contributed by atoms with Crippen LogP contribution in [-0.2, 0) is 4.79 Å². The van der Waals surface area contributed by atoms with Crippen LogP contribution in [0.3, 0.4) is 0 Å². The minimum Gasteiger partial charge on any atom is -0.480 e. The average Bonchev–Trinajstić information content (AvgIpc) is 2.77. The number of hydrogen-bond donors (Lipinski definition) is 2. The molecule has 98 valence electrons. The van der Waals surface area contributed by atoms with Gasteiger partial charge in [0.1, 0.15) is 6.04 Å². The molecule has 5 nitrogen and oxygen atoms in total. The largest absolute Gasteiger partial charge is 0.480 e. The molecule has 0 bridgehead atoms. The first-order chi connectivity index (χ1) is 8.10. The van der Waals surface area contributed by atoms with Crippen LogP contribution in [0, 0.1) is 0 Å². The summed E-state index contributed by atoms with van der Waals surface area (Å²) in [5.41, 5.74) is 0. The van der Waals surface area contributed by atoms with Crippen LogP contribution in [-0.4, -0.2) is 57.7 Å². The number of nitrogens with zero attached hydrogens (tertiary/aromatic N) is 1. The Kier molecular flexibility index (Phi) is 5.97. The Bertz CT molecular complexity index is 289. The van der Waals surface area contributed by atoms with Crippen molar-refractivity contribution < 1.29 is 14.7 Å². The van der Waals surface area contributed by atoms with Gasteiger partial charge in [0.25, 0.3) is 0 Å². The van der Waals surface area contributed by atoms with Gasteiger partial charge in [-0.25, -0.2) is 9.59 Å². The zero-order valence-corrected chi connectivity index (χ0v) is 11.6. The van der Waals surface area contributed by atoms with Crippen LogP contribution in [0.1, 0.15) is 13.3 Å². The van der Waals surface area contributed by atoms with Crippen LogP contribution >= 0.6 is 23.5 Å². The Balaban J connectivity index is 2.54. The molecule has 0 aromatic heterocycles. The number of carbonyl (C=O) groups is 2. The van der Waals surface area contributed by atoms with Gasteiger partial charge in [0, 0.05) is 17.5 Å². The molecule has 2 amide bonds. The Morgan fingerprint density at radius 3 is 2.88 bits per heavy atom. The summed E-state index contributed by atoms with van der Waals surface area (Å²) >= 11 is 3.15. The first-order valence-electron chi connectivity index (χ1n) is 5.46. The summed E-state index contributed by atoms with van der Waals surface area (Å²) in [6.45, 7) is 2.01. The third-order valence-electron chi connectivity index (χ3n) is 2.62. The summed E-state index contributed by atoms with van der Waals surface area (Å²) in [6, 6.07) is -0.840. The quantitative estimate of drug-likeness (QED) is 0.793. The van der Waals surface area contributed by atoms with Crippen LogP contribution in [0.4, 0.5) is 4.79 Å². The van der Waals surface area contributed by atoms with E-state index in [4.69, 9.17) is 5.11 Å². The van der Waals surface area contributed by atoms with E-state index < -0.39 is 12.0 Å². The highest BCUT2D eigenvalue weighted by Gasteiger charge is 2.35. The molecule has 1 aliphatic rings. The van der Waals surface area contributed by atoms with Crippen molar-refractivity contribution in [3.05, 3.63) is 0 Å². The number of carbonyl (C=O) groups excluding carboxylic acids is 1. The molecule has 1 fully saturated rings. The monoisotopic (exact) mass is 278 g/mol. The lowest BCUT2D eigenvalue weighted by Crippen LogP contribution is -2.50. The number of hydrogen-bond acceptors (Lipinski definition) is 4. The lowest BCUT2D eigenvalue weighted by molar-refractivity contribution is -0.140. The second-order valence-corrected chi connectivity index (χ2v) is 5.74. The molecular weight excluding hydrogens is 260 g/mol. The fraction of sp³-hybridized carbons (Fsp3) is 0.800. The summed E-state index contributed by atoms with van der Waals surface area (Å²) in [5, 5.41) is 11.9. The summed E-state index contributed by atoms with van der Waals surface area (Å²) in [5.74, 6) is 0.852. The van der Waals surface area contributed by atoms with Gasteiger partial charge in [-0.2, -0.15) is 11.8 Å². The fourth-order valence-corrected chi connectivity index (χ4v) is 3.43. The molecule has 1 heterocycles. The SMILES string of the molecule is CCC(CSC)NC(=O)N1CSC[C@H]1C(=O)O. The van der Waals surface area contributed by atoms with Crippen LogP contribution in [0.5, 0.6) is 0 Å². The lowest BCUT2D eigenvalue weighted by Gasteiger charge is -2.24. The van der Waals surface area contributed by atoms with Crippen molar-refractivity contribution >= 4 is 35.5 Å². The molecule has 1 saturated heterocycles. The van der Waals surface area contributed by atoms with Gasteiger partial charge in [-0.05, 0) is 12.7 Å². The highest BCUT2D eigenvalue weighted by molar-refractivity contribution is 7.99. The van der Waals surface area contributed by atoms with Gasteiger partial charge < -0.3 is 15.3 Å². The molecule has 0 aromatic rings. The first-order valence-corrected chi connectivity index (χ1v) is 8.01. The van der Waals surface area contributed by atoms with Gasteiger partial charge in [-0.15, -0.1) is 11.8 Å². The minimum absolute atomic E-state index is 0.109. The van der Waals surface area contributed by atoms with Crippen molar-refractivity contribution in [1.29, 1.82) is 0 Å². The molecule has 0 aromatic carbocycles. The van der Waals surface area contributed by atoms with E-state index in [0.29, 0.717) is 11.6 Å². The average molecular weight is 278 g/mol. The highest BCUT2D eigenvalue weighted by atomic mass is 32.2. The number of carboxylic acid groups (broad SMARTS) is 1. The zero-order valence-electron chi connectivity index (χ0n) is 10.0. The molecule has 0 radical (unpaired) electrons. The maximum Gasteiger partial charge on any atom is 0.327 e. The number of thioether (sulfide) groups is 2. The minimum atomic E-state index is -0.928. The Labute approximate surface area is 110 Å². The number of amides is 2. The van der Waals surface area contributed by atoms with Crippen LogP contribution in [0.15, 0.2) is 0 Å². The van der Waals surface area contributed by atoms with Crippen LogP contribution in [0.2, 0.25) is 0 Å². The molecule has 2 atom stereocenters. The van der Waals surface area contributed by atoms with Crippen LogP contribution < -0.4 is 5.32 Å². The molecule has 1 unspecified atom stereocenters. The molecule has 1 rings (SSSR count). The van der Waals surface area contributed by atoms with E-state index in [1.54, 1.807) is 11.8 Å². The summed E-state index contributed by atoms with van der Waals surface area (Å²) < 4.78 is 0. The standard InChI is InChI=1S/C10H18N2O3S2/c1-3-7(4-16-2)11-10(15)12-6-17-5-8(12)9(13)14/h7-8H,3-6H2,1-2H3,(H,11,15)(H,13,14)/t7?,8-/m0/s1. The van der Waals surface area contributed by atoms with E-state index in [2.05, 4.69) is 5.32 Å². The predicted molar refractivity (Wildman–Crippen MR) is 71.6 cm³/mol. The Morgan fingerprint density at radius 2 is 2.35 bits per heavy atom. The maximum atomic E-state index is 11.9. The predicted octanol–water partition coefficient (Wildman–Crippen LogP) is 1.30. The first kappa shape index (κ1) is 14.5. The van der Waals surface area contributed by atoms with Gasteiger partial charge in [-0.3, -0.25) is 0 Å². The van der Waals surface area contributed by atoms with E-state index in [9.17, 15) is 9.59 Å². The molecule has 1 aliphatic heterocycles. The third-order valence-corrected chi connectivity index (χ3v) is 4.36. The number of aliphatic carboxylic acids is 1. The number of carboxylic acids is 1. The summed E-state index contributed by atoms with van der Waals surface area (Å²) in [6.07, 6.45) is 2.84. The molecule has 2 N–H and O–H groups in total. The molecule has 0 saturated carbocycles. The number of urea groups is 1.